The van der Waals surface area contributed by atoms with E-state index < -0.39 is 5.97 Å². The fourth-order valence-electron chi connectivity index (χ4n) is 1.45. The standard InChI is InChI=1S/C13H11ClN2O3/c1-18-13(17)10-7-11(14)15-16-12(10)19-8-9-5-3-2-4-6-9/h2-7H,8H2,1H3. The molecular formula is C13H11ClN2O3. The van der Waals surface area contributed by atoms with Crippen molar-refractivity contribution in [2.24, 2.45) is 0 Å². The predicted molar refractivity (Wildman–Crippen MR) is 69.2 cm³/mol. The Kier molecular flexibility index (Phi) is 4.30. The monoisotopic (exact) mass is 278 g/mol. The molecule has 1 aromatic carbocycles. The van der Waals surface area contributed by atoms with Gasteiger partial charge in [-0.15, -0.1) is 10.2 Å². The molecule has 0 saturated carbocycles. The first kappa shape index (κ1) is 13.3. The summed E-state index contributed by atoms with van der Waals surface area (Å²) in [6, 6.07) is 10.9. The summed E-state index contributed by atoms with van der Waals surface area (Å²) in [6.45, 7) is 0.279. The molecule has 0 spiro atoms. The van der Waals surface area contributed by atoms with E-state index in [0.29, 0.717) is 0 Å². The van der Waals surface area contributed by atoms with E-state index in [2.05, 4.69) is 14.9 Å². The van der Waals surface area contributed by atoms with E-state index in [9.17, 15) is 4.79 Å². The number of carbonyl (C=O) groups excluding carboxylic acids is 1. The van der Waals surface area contributed by atoms with Crippen molar-refractivity contribution in [2.75, 3.05) is 7.11 Å². The van der Waals surface area contributed by atoms with Crippen LogP contribution in [0.5, 0.6) is 5.88 Å². The third-order valence-electron chi connectivity index (χ3n) is 2.35. The van der Waals surface area contributed by atoms with E-state index in [1.165, 1.54) is 13.2 Å². The summed E-state index contributed by atoms with van der Waals surface area (Å²) in [4.78, 5) is 11.6. The van der Waals surface area contributed by atoms with Crippen molar-refractivity contribution in [3.8, 4) is 5.88 Å². The molecule has 1 heterocycles. The van der Waals surface area contributed by atoms with Crippen LogP contribution in [0.4, 0.5) is 0 Å². The minimum absolute atomic E-state index is 0.0973. The van der Waals surface area contributed by atoms with Gasteiger partial charge in [0.05, 0.1) is 7.11 Å². The van der Waals surface area contributed by atoms with E-state index in [-0.39, 0.29) is 23.2 Å². The molecule has 0 N–H and O–H groups in total. The van der Waals surface area contributed by atoms with E-state index in [0.717, 1.165) is 5.56 Å². The molecule has 0 aliphatic rings. The zero-order valence-corrected chi connectivity index (χ0v) is 10.9. The molecule has 19 heavy (non-hydrogen) atoms. The maximum Gasteiger partial charge on any atom is 0.343 e. The fourth-order valence-corrected chi connectivity index (χ4v) is 1.59. The van der Waals surface area contributed by atoms with Gasteiger partial charge in [0.15, 0.2) is 5.15 Å². The molecule has 0 fully saturated rings. The Morgan fingerprint density at radius 2 is 2.00 bits per heavy atom. The van der Waals surface area contributed by atoms with Crippen LogP contribution in [0.1, 0.15) is 15.9 Å². The second kappa shape index (κ2) is 6.15. The maximum absolute atomic E-state index is 11.6. The van der Waals surface area contributed by atoms with Crippen LogP contribution in [0.3, 0.4) is 0 Å². The van der Waals surface area contributed by atoms with Crippen LogP contribution in [0.25, 0.3) is 0 Å². The first-order valence-corrected chi connectivity index (χ1v) is 5.87. The molecule has 5 nitrogen and oxygen atoms in total. The number of hydrogen-bond donors (Lipinski definition) is 0. The molecule has 0 aliphatic heterocycles. The van der Waals surface area contributed by atoms with Gasteiger partial charge < -0.3 is 9.47 Å². The Hall–Kier alpha value is -2.14. The van der Waals surface area contributed by atoms with E-state index >= 15 is 0 Å². The van der Waals surface area contributed by atoms with Crippen LogP contribution in [0, 0.1) is 0 Å². The number of ether oxygens (including phenoxy) is 2. The average Bonchev–Trinajstić information content (AvgIpc) is 2.46. The van der Waals surface area contributed by atoms with Crippen LogP contribution in [-0.4, -0.2) is 23.3 Å². The third-order valence-corrected chi connectivity index (χ3v) is 2.54. The lowest BCUT2D eigenvalue weighted by molar-refractivity contribution is 0.0594. The minimum Gasteiger partial charge on any atom is -0.471 e. The molecule has 0 unspecified atom stereocenters. The zero-order chi connectivity index (χ0) is 13.7. The van der Waals surface area contributed by atoms with Crippen molar-refractivity contribution in [3.05, 3.63) is 52.7 Å². The highest BCUT2D eigenvalue weighted by molar-refractivity contribution is 6.29. The fraction of sp³-hybridized carbons (Fsp3) is 0.154. The van der Waals surface area contributed by atoms with Crippen LogP contribution in [0.15, 0.2) is 36.4 Å². The number of esters is 1. The van der Waals surface area contributed by atoms with Gasteiger partial charge in [0.25, 0.3) is 0 Å². The SMILES string of the molecule is COC(=O)c1cc(Cl)nnc1OCc1ccccc1. The normalized spacial score (nSPS) is 10.0. The van der Waals surface area contributed by atoms with Gasteiger partial charge in [0, 0.05) is 0 Å². The third kappa shape index (κ3) is 3.42. The first-order valence-electron chi connectivity index (χ1n) is 5.49. The van der Waals surface area contributed by atoms with Gasteiger partial charge >= 0.3 is 5.97 Å². The van der Waals surface area contributed by atoms with Crippen molar-refractivity contribution in [2.45, 2.75) is 6.61 Å². The first-order chi connectivity index (χ1) is 9.20. The minimum atomic E-state index is -0.570. The summed E-state index contributed by atoms with van der Waals surface area (Å²) in [5, 5.41) is 7.51. The second-order valence-corrected chi connectivity index (χ2v) is 4.04. The number of methoxy groups -OCH3 is 1. The quantitative estimate of drug-likeness (QED) is 0.804. The lowest BCUT2D eigenvalue weighted by Gasteiger charge is -2.08. The van der Waals surface area contributed by atoms with Crippen molar-refractivity contribution < 1.29 is 14.3 Å². The number of hydrogen-bond acceptors (Lipinski definition) is 5. The summed E-state index contributed by atoms with van der Waals surface area (Å²) in [5.74, 6) is -0.472. The van der Waals surface area contributed by atoms with Crippen LogP contribution >= 0.6 is 11.6 Å². The molecule has 0 atom stereocenters. The highest BCUT2D eigenvalue weighted by atomic mass is 35.5. The van der Waals surface area contributed by atoms with Crippen molar-refractivity contribution in [1.82, 2.24) is 10.2 Å². The molecule has 0 aliphatic carbocycles. The molecule has 0 radical (unpaired) electrons. The summed E-state index contributed by atoms with van der Waals surface area (Å²) in [6.07, 6.45) is 0. The molecule has 2 rings (SSSR count). The molecule has 0 bridgehead atoms. The summed E-state index contributed by atoms with van der Waals surface area (Å²) < 4.78 is 10.1. The smallest absolute Gasteiger partial charge is 0.343 e. The number of benzene rings is 1. The van der Waals surface area contributed by atoms with Crippen molar-refractivity contribution >= 4 is 17.6 Å². The molecular weight excluding hydrogens is 268 g/mol. The van der Waals surface area contributed by atoms with Gasteiger partial charge in [-0.25, -0.2) is 4.79 Å². The highest BCUT2D eigenvalue weighted by Gasteiger charge is 2.16. The Morgan fingerprint density at radius 3 is 2.68 bits per heavy atom. The summed E-state index contributed by atoms with van der Waals surface area (Å²) >= 11 is 5.70. The molecule has 98 valence electrons. The maximum atomic E-state index is 11.6. The second-order valence-electron chi connectivity index (χ2n) is 3.65. The van der Waals surface area contributed by atoms with Gasteiger partial charge in [-0.2, -0.15) is 0 Å². The van der Waals surface area contributed by atoms with Crippen LogP contribution in [0.2, 0.25) is 5.15 Å². The molecule has 0 amide bonds. The Bertz CT molecular complexity index is 575. The molecule has 2 aromatic rings. The average molecular weight is 279 g/mol. The molecule has 0 saturated heterocycles. The van der Waals surface area contributed by atoms with Crippen molar-refractivity contribution in [1.29, 1.82) is 0 Å². The Labute approximate surface area is 115 Å². The van der Waals surface area contributed by atoms with E-state index in [1.54, 1.807) is 0 Å². The summed E-state index contributed by atoms with van der Waals surface area (Å²) in [5.41, 5.74) is 1.11. The number of halogens is 1. The number of aromatic nitrogens is 2. The molecule has 6 heteroatoms. The topological polar surface area (TPSA) is 61.3 Å². The highest BCUT2D eigenvalue weighted by Crippen LogP contribution is 2.19. The molecule has 1 aromatic heterocycles. The van der Waals surface area contributed by atoms with Gasteiger partial charge in [0.1, 0.15) is 12.2 Å². The van der Waals surface area contributed by atoms with Gasteiger partial charge in [-0.1, -0.05) is 41.9 Å². The Balaban J connectivity index is 2.18. The van der Waals surface area contributed by atoms with Crippen LogP contribution < -0.4 is 4.74 Å². The number of carbonyl (C=O) groups is 1. The largest absolute Gasteiger partial charge is 0.471 e. The van der Waals surface area contributed by atoms with E-state index in [1.807, 2.05) is 30.3 Å². The number of rotatable bonds is 4. The Morgan fingerprint density at radius 1 is 1.26 bits per heavy atom. The zero-order valence-electron chi connectivity index (χ0n) is 10.2. The van der Waals surface area contributed by atoms with E-state index in [4.69, 9.17) is 16.3 Å². The van der Waals surface area contributed by atoms with Crippen LogP contribution in [-0.2, 0) is 11.3 Å². The van der Waals surface area contributed by atoms with Gasteiger partial charge in [-0.05, 0) is 11.6 Å². The lowest BCUT2D eigenvalue weighted by Crippen LogP contribution is -2.08. The summed E-state index contributed by atoms with van der Waals surface area (Å²) in [7, 11) is 1.28. The lowest BCUT2D eigenvalue weighted by atomic mass is 10.2. The predicted octanol–water partition coefficient (Wildman–Crippen LogP) is 2.50. The van der Waals surface area contributed by atoms with Gasteiger partial charge in [-0.3, -0.25) is 0 Å². The van der Waals surface area contributed by atoms with Crippen molar-refractivity contribution in [3.63, 3.8) is 0 Å². The number of nitrogens with zero attached hydrogens (tertiary/aromatic N) is 2. The van der Waals surface area contributed by atoms with Gasteiger partial charge in [0.2, 0.25) is 5.88 Å².